The Bertz CT molecular complexity index is 480. The lowest BCUT2D eigenvalue weighted by atomic mass is 10.2. The quantitative estimate of drug-likeness (QED) is 0.769. The lowest BCUT2D eigenvalue weighted by molar-refractivity contribution is 0.410. The average Bonchev–Trinajstić information content (AvgIpc) is 2.89. The molecule has 1 aromatic heterocycles. The molecule has 0 atom stereocenters. The lowest BCUT2D eigenvalue weighted by Crippen LogP contribution is -2.16. The second-order valence-electron chi connectivity index (χ2n) is 4.00. The summed E-state index contributed by atoms with van der Waals surface area (Å²) in [5, 5.41) is 13.0. The molecule has 18 heavy (non-hydrogen) atoms. The summed E-state index contributed by atoms with van der Waals surface area (Å²) in [7, 11) is 1.61. The summed E-state index contributed by atoms with van der Waals surface area (Å²) in [5.74, 6) is 1.98. The number of ether oxygens (including phenoxy) is 1. The van der Waals surface area contributed by atoms with Crippen molar-refractivity contribution in [3.63, 3.8) is 0 Å². The van der Waals surface area contributed by atoms with E-state index in [0.29, 0.717) is 6.54 Å². The van der Waals surface area contributed by atoms with Gasteiger partial charge in [-0.15, -0.1) is 0 Å². The van der Waals surface area contributed by atoms with Gasteiger partial charge in [-0.3, -0.25) is 0 Å². The number of aromatic hydroxyl groups is 1. The van der Waals surface area contributed by atoms with E-state index in [2.05, 4.69) is 5.32 Å². The van der Waals surface area contributed by atoms with Crippen LogP contribution in [0.25, 0.3) is 0 Å². The lowest BCUT2D eigenvalue weighted by Gasteiger charge is -2.08. The van der Waals surface area contributed by atoms with Crippen molar-refractivity contribution in [3.05, 3.63) is 47.9 Å². The molecule has 0 aliphatic carbocycles. The molecule has 1 heterocycles. The molecule has 96 valence electrons. The standard InChI is InChI=1S/C14H17NO3/c1-17-13-4-5-14(16)11(9-13)10-15-7-6-12-3-2-8-18-12/h2-5,8-9,15-16H,6-7,10H2,1H3. The summed E-state index contributed by atoms with van der Waals surface area (Å²) in [4.78, 5) is 0. The van der Waals surface area contributed by atoms with Crippen LogP contribution in [0.3, 0.4) is 0 Å². The van der Waals surface area contributed by atoms with Gasteiger partial charge in [-0.2, -0.15) is 0 Å². The molecule has 0 aliphatic rings. The highest BCUT2D eigenvalue weighted by Gasteiger charge is 2.03. The van der Waals surface area contributed by atoms with Crippen molar-refractivity contribution in [3.8, 4) is 11.5 Å². The Kier molecular flexibility index (Phi) is 4.25. The minimum atomic E-state index is 0.279. The van der Waals surface area contributed by atoms with Gasteiger partial charge < -0.3 is 19.6 Å². The number of benzene rings is 1. The van der Waals surface area contributed by atoms with E-state index in [1.165, 1.54) is 0 Å². The van der Waals surface area contributed by atoms with Crippen molar-refractivity contribution in [2.24, 2.45) is 0 Å². The van der Waals surface area contributed by atoms with Gasteiger partial charge in [0, 0.05) is 25.1 Å². The third-order valence-corrected chi connectivity index (χ3v) is 2.73. The average molecular weight is 247 g/mol. The number of furan rings is 1. The van der Waals surface area contributed by atoms with Crippen LogP contribution in [0.15, 0.2) is 41.0 Å². The van der Waals surface area contributed by atoms with Crippen LogP contribution in [0.2, 0.25) is 0 Å². The molecule has 0 saturated heterocycles. The van der Waals surface area contributed by atoms with Crippen molar-refractivity contribution >= 4 is 0 Å². The number of methoxy groups -OCH3 is 1. The second kappa shape index (κ2) is 6.12. The van der Waals surface area contributed by atoms with Crippen molar-refractivity contribution in [2.75, 3.05) is 13.7 Å². The zero-order valence-electron chi connectivity index (χ0n) is 10.3. The van der Waals surface area contributed by atoms with Crippen LogP contribution in [0.5, 0.6) is 11.5 Å². The summed E-state index contributed by atoms with van der Waals surface area (Å²) in [6.07, 6.45) is 2.50. The van der Waals surface area contributed by atoms with E-state index >= 15 is 0 Å². The highest BCUT2D eigenvalue weighted by atomic mass is 16.5. The Morgan fingerprint density at radius 1 is 1.33 bits per heavy atom. The van der Waals surface area contributed by atoms with Crippen LogP contribution in [-0.2, 0) is 13.0 Å². The fourth-order valence-electron chi connectivity index (χ4n) is 1.72. The number of hydrogen-bond acceptors (Lipinski definition) is 4. The predicted molar refractivity (Wildman–Crippen MR) is 68.8 cm³/mol. The molecule has 2 N–H and O–H groups in total. The minimum Gasteiger partial charge on any atom is -0.508 e. The van der Waals surface area contributed by atoms with Crippen molar-refractivity contribution in [2.45, 2.75) is 13.0 Å². The van der Waals surface area contributed by atoms with Crippen LogP contribution < -0.4 is 10.1 Å². The molecule has 0 fully saturated rings. The Hall–Kier alpha value is -1.94. The highest BCUT2D eigenvalue weighted by Crippen LogP contribution is 2.22. The van der Waals surface area contributed by atoms with Crippen LogP contribution in [0.1, 0.15) is 11.3 Å². The predicted octanol–water partition coefficient (Wildman–Crippen LogP) is 2.33. The van der Waals surface area contributed by atoms with Crippen LogP contribution in [-0.4, -0.2) is 18.8 Å². The number of phenolic OH excluding ortho intramolecular Hbond substituents is 1. The van der Waals surface area contributed by atoms with Gasteiger partial charge in [0.15, 0.2) is 0 Å². The number of nitrogens with one attached hydrogen (secondary N) is 1. The van der Waals surface area contributed by atoms with Gasteiger partial charge in [0.05, 0.1) is 13.4 Å². The zero-order valence-corrected chi connectivity index (χ0v) is 10.3. The maximum Gasteiger partial charge on any atom is 0.120 e. The van der Waals surface area contributed by atoms with Gasteiger partial charge in [0.2, 0.25) is 0 Å². The van der Waals surface area contributed by atoms with E-state index in [1.54, 1.807) is 25.5 Å². The normalized spacial score (nSPS) is 10.5. The zero-order chi connectivity index (χ0) is 12.8. The van der Waals surface area contributed by atoms with Gasteiger partial charge in [-0.1, -0.05) is 0 Å². The topological polar surface area (TPSA) is 54.6 Å². The summed E-state index contributed by atoms with van der Waals surface area (Å²) in [5.41, 5.74) is 0.828. The third kappa shape index (κ3) is 3.28. The molecule has 0 bridgehead atoms. The SMILES string of the molecule is COc1ccc(O)c(CNCCc2ccco2)c1. The van der Waals surface area contributed by atoms with Gasteiger partial charge in [-0.05, 0) is 30.3 Å². The molecule has 4 heteroatoms. The van der Waals surface area contributed by atoms with Crippen molar-refractivity contribution in [1.29, 1.82) is 0 Å². The Morgan fingerprint density at radius 3 is 2.94 bits per heavy atom. The maximum atomic E-state index is 9.70. The molecular formula is C14H17NO3. The van der Waals surface area contributed by atoms with E-state index in [0.717, 1.165) is 30.0 Å². The minimum absolute atomic E-state index is 0.279. The monoisotopic (exact) mass is 247 g/mol. The first-order valence-electron chi connectivity index (χ1n) is 5.88. The third-order valence-electron chi connectivity index (χ3n) is 2.73. The maximum absolute atomic E-state index is 9.70. The summed E-state index contributed by atoms with van der Waals surface area (Å²) in [6, 6.07) is 9.03. The number of hydrogen-bond donors (Lipinski definition) is 2. The van der Waals surface area contributed by atoms with Gasteiger partial charge in [0.25, 0.3) is 0 Å². The molecule has 0 radical (unpaired) electrons. The van der Waals surface area contributed by atoms with E-state index in [1.807, 2.05) is 18.2 Å². The Balaban J connectivity index is 1.82. The van der Waals surface area contributed by atoms with Crippen LogP contribution in [0, 0.1) is 0 Å². The first-order chi connectivity index (χ1) is 8.79. The molecular weight excluding hydrogens is 230 g/mol. The van der Waals surface area contributed by atoms with Gasteiger partial charge in [-0.25, -0.2) is 0 Å². The second-order valence-corrected chi connectivity index (χ2v) is 4.00. The largest absolute Gasteiger partial charge is 0.508 e. The van der Waals surface area contributed by atoms with E-state index < -0.39 is 0 Å². The van der Waals surface area contributed by atoms with E-state index in [-0.39, 0.29) is 5.75 Å². The first kappa shape index (κ1) is 12.5. The molecule has 0 aliphatic heterocycles. The number of phenols is 1. The summed E-state index contributed by atoms with van der Waals surface area (Å²) < 4.78 is 10.4. The summed E-state index contributed by atoms with van der Waals surface area (Å²) >= 11 is 0. The summed E-state index contributed by atoms with van der Waals surface area (Å²) in [6.45, 7) is 1.40. The van der Waals surface area contributed by atoms with Crippen LogP contribution in [0.4, 0.5) is 0 Å². The van der Waals surface area contributed by atoms with Crippen molar-refractivity contribution < 1.29 is 14.3 Å². The molecule has 4 nitrogen and oxygen atoms in total. The molecule has 2 rings (SSSR count). The molecule has 2 aromatic rings. The number of rotatable bonds is 6. The van der Waals surface area contributed by atoms with E-state index in [9.17, 15) is 5.11 Å². The molecule has 0 unspecified atom stereocenters. The Morgan fingerprint density at radius 2 is 2.22 bits per heavy atom. The highest BCUT2D eigenvalue weighted by molar-refractivity contribution is 5.39. The Labute approximate surface area is 106 Å². The molecule has 0 saturated carbocycles. The smallest absolute Gasteiger partial charge is 0.120 e. The van der Waals surface area contributed by atoms with Gasteiger partial charge in [0.1, 0.15) is 17.3 Å². The molecule has 0 amide bonds. The fraction of sp³-hybridized carbons (Fsp3) is 0.286. The van der Waals surface area contributed by atoms with Gasteiger partial charge >= 0.3 is 0 Å². The molecule has 0 spiro atoms. The first-order valence-corrected chi connectivity index (χ1v) is 5.88. The van der Waals surface area contributed by atoms with Crippen LogP contribution >= 0.6 is 0 Å². The molecule has 1 aromatic carbocycles. The van der Waals surface area contributed by atoms with Crippen molar-refractivity contribution in [1.82, 2.24) is 5.32 Å². The fourth-order valence-corrected chi connectivity index (χ4v) is 1.72. The van der Waals surface area contributed by atoms with E-state index in [4.69, 9.17) is 9.15 Å².